The molecule has 0 aromatic heterocycles. The van der Waals surface area contributed by atoms with Gasteiger partial charge < -0.3 is 4.74 Å². The Morgan fingerprint density at radius 2 is 1.70 bits per heavy atom. The van der Waals surface area contributed by atoms with Crippen LogP contribution in [0.25, 0.3) is 12.2 Å². The van der Waals surface area contributed by atoms with Gasteiger partial charge in [0, 0.05) is 5.56 Å². The third-order valence-electron chi connectivity index (χ3n) is 2.93. The summed E-state index contributed by atoms with van der Waals surface area (Å²) in [6.07, 6.45) is 4.01. The average molecular weight is 266 g/mol. The zero-order valence-electron chi connectivity index (χ0n) is 11.8. The van der Waals surface area contributed by atoms with Crippen molar-refractivity contribution >= 4 is 17.9 Å². The molecular weight excluding hydrogens is 248 g/mol. The molecule has 2 aromatic rings. The molecule has 0 unspecified atom stereocenters. The van der Waals surface area contributed by atoms with Crippen LogP contribution in [0.4, 0.5) is 0 Å². The van der Waals surface area contributed by atoms with Crippen LogP contribution in [0.2, 0.25) is 0 Å². The molecule has 0 radical (unpaired) electrons. The van der Waals surface area contributed by atoms with E-state index >= 15 is 0 Å². The first-order chi connectivity index (χ1) is 9.69. The van der Waals surface area contributed by atoms with E-state index in [1.807, 2.05) is 67.6 Å². The molecule has 102 valence electrons. The van der Waals surface area contributed by atoms with E-state index in [9.17, 15) is 4.79 Å². The number of hydrogen-bond acceptors (Lipinski definition) is 2. The second-order valence-electron chi connectivity index (χ2n) is 4.52. The van der Waals surface area contributed by atoms with Gasteiger partial charge in [0.05, 0.1) is 6.61 Å². The van der Waals surface area contributed by atoms with Crippen LogP contribution in [-0.2, 0) is 0 Å². The van der Waals surface area contributed by atoms with Crippen LogP contribution in [-0.4, -0.2) is 12.4 Å². The summed E-state index contributed by atoms with van der Waals surface area (Å²) in [6.45, 7) is 4.21. The van der Waals surface area contributed by atoms with Crippen molar-refractivity contribution in [3.05, 3.63) is 65.2 Å². The van der Waals surface area contributed by atoms with Gasteiger partial charge in [-0.25, -0.2) is 0 Å². The molecule has 0 aliphatic carbocycles. The predicted molar refractivity (Wildman–Crippen MR) is 83.0 cm³/mol. The van der Waals surface area contributed by atoms with E-state index in [1.54, 1.807) is 6.92 Å². The van der Waals surface area contributed by atoms with Crippen LogP contribution in [0.5, 0.6) is 5.75 Å². The lowest BCUT2D eigenvalue weighted by Gasteiger charge is -2.03. The normalized spacial score (nSPS) is 10.7. The number of benzene rings is 2. The topological polar surface area (TPSA) is 26.3 Å². The molecule has 2 nitrogen and oxygen atoms in total. The Kier molecular flexibility index (Phi) is 4.72. The highest BCUT2D eigenvalue weighted by Crippen LogP contribution is 2.16. The van der Waals surface area contributed by atoms with Crippen LogP contribution in [0.1, 0.15) is 35.3 Å². The Hall–Kier alpha value is -2.35. The number of ketones is 1. The molecule has 2 heteroatoms. The number of rotatable bonds is 5. The Bertz CT molecular complexity index is 627. The zero-order valence-corrected chi connectivity index (χ0v) is 11.8. The smallest absolute Gasteiger partial charge is 0.159 e. The van der Waals surface area contributed by atoms with Crippen molar-refractivity contribution < 1.29 is 9.53 Å². The fourth-order valence-electron chi connectivity index (χ4n) is 1.93. The average Bonchev–Trinajstić information content (AvgIpc) is 2.46. The summed E-state index contributed by atoms with van der Waals surface area (Å²) in [5.41, 5.74) is 2.82. The molecule has 0 saturated carbocycles. The van der Waals surface area contributed by atoms with Crippen LogP contribution in [0.15, 0.2) is 48.5 Å². The number of Topliss-reactive ketones (excluding diaryl/α,β-unsaturated/α-hetero) is 1. The van der Waals surface area contributed by atoms with Crippen molar-refractivity contribution in [2.24, 2.45) is 0 Å². The molecule has 0 fully saturated rings. The summed E-state index contributed by atoms with van der Waals surface area (Å²) < 4.78 is 5.47. The van der Waals surface area contributed by atoms with Crippen molar-refractivity contribution in [3.63, 3.8) is 0 Å². The third-order valence-corrected chi connectivity index (χ3v) is 2.93. The van der Waals surface area contributed by atoms with Crippen molar-refractivity contribution in [1.29, 1.82) is 0 Å². The monoisotopic (exact) mass is 266 g/mol. The maximum atomic E-state index is 11.3. The first-order valence-corrected chi connectivity index (χ1v) is 6.71. The lowest BCUT2D eigenvalue weighted by atomic mass is 10.1. The molecule has 0 heterocycles. The molecule has 0 saturated heterocycles. The van der Waals surface area contributed by atoms with Crippen molar-refractivity contribution in [2.45, 2.75) is 13.8 Å². The third kappa shape index (κ3) is 3.82. The molecular formula is C18H18O2. The van der Waals surface area contributed by atoms with E-state index in [4.69, 9.17) is 4.74 Å². The first kappa shape index (κ1) is 14.1. The standard InChI is InChI=1S/C18H18O2/c1-3-20-18-9-5-7-16(13-18)11-10-15-6-4-8-17(12-15)14(2)19/h4-13H,3H2,1-2H3. The van der Waals surface area contributed by atoms with Crippen molar-refractivity contribution in [2.75, 3.05) is 6.61 Å². The quantitative estimate of drug-likeness (QED) is 0.590. The van der Waals surface area contributed by atoms with Gasteiger partial charge in [0.1, 0.15) is 5.75 Å². The highest BCUT2D eigenvalue weighted by Gasteiger charge is 1.98. The fourth-order valence-corrected chi connectivity index (χ4v) is 1.93. The summed E-state index contributed by atoms with van der Waals surface area (Å²) in [6, 6.07) is 15.5. The lowest BCUT2D eigenvalue weighted by molar-refractivity contribution is 0.101. The van der Waals surface area contributed by atoms with E-state index in [1.165, 1.54) is 0 Å². The summed E-state index contributed by atoms with van der Waals surface area (Å²) in [5, 5.41) is 0. The highest BCUT2D eigenvalue weighted by atomic mass is 16.5. The SMILES string of the molecule is CCOc1cccc(C=Cc2cccc(C(C)=O)c2)c1. The zero-order chi connectivity index (χ0) is 14.4. The van der Waals surface area contributed by atoms with Gasteiger partial charge in [-0.15, -0.1) is 0 Å². The fraction of sp³-hybridized carbons (Fsp3) is 0.167. The van der Waals surface area contributed by atoms with Gasteiger partial charge in [0.25, 0.3) is 0 Å². The number of hydrogen-bond donors (Lipinski definition) is 0. The molecule has 20 heavy (non-hydrogen) atoms. The predicted octanol–water partition coefficient (Wildman–Crippen LogP) is 4.46. The summed E-state index contributed by atoms with van der Waals surface area (Å²) in [5.74, 6) is 0.950. The molecule has 0 bridgehead atoms. The maximum Gasteiger partial charge on any atom is 0.159 e. The molecule has 0 amide bonds. The minimum atomic E-state index is 0.0820. The van der Waals surface area contributed by atoms with Crippen LogP contribution >= 0.6 is 0 Å². The van der Waals surface area contributed by atoms with Gasteiger partial charge in [-0.05, 0) is 43.2 Å². The highest BCUT2D eigenvalue weighted by molar-refractivity contribution is 5.94. The Morgan fingerprint density at radius 1 is 1.05 bits per heavy atom. The summed E-state index contributed by atoms with van der Waals surface area (Å²) >= 11 is 0. The van der Waals surface area contributed by atoms with E-state index in [0.717, 1.165) is 22.4 Å². The molecule has 0 N–H and O–H groups in total. The van der Waals surface area contributed by atoms with E-state index in [0.29, 0.717) is 6.61 Å². The van der Waals surface area contributed by atoms with Crippen molar-refractivity contribution in [1.82, 2.24) is 0 Å². The Labute approximate surface area is 119 Å². The second kappa shape index (κ2) is 6.71. The van der Waals surface area contributed by atoms with Gasteiger partial charge in [0.2, 0.25) is 0 Å². The minimum Gasteiger partial charge on any atom is -0.494 e. The summed E-state index contributed by atoms with van der Waals surface area (Å²) in [4.78, 5) is 11.3. The second-order valence-corrected chi connectivity index (χ2v) is 4.52. The van der Waals surface area contributed by atoms with Gasteiger partial charge in [0.15, 0.2) is 5.78 Å². The molecule has 2 aromatic carbocycles. The number of ether oxygens (including phenoxy) is 1. The van der Waals surface area contributed by atoms with E-state index < -0.39 is 0 Å². The van der Waals surface area contributed by atoms with Gasteiger partial charge in [-0.3, -0.25) is 4.79 Å². The van der Waals surface area contributed by atoms with Crippen LogP contribution in [0.3, 0.4) is 0 Å². The number of carbonyl (C=O) groups is 1. The largest absolute Gasteiger partial charge is 0.494 e. The Balaban J connectivity index is 2.18. The number of carbonyl (C=O) groups excluding carboxylic acids is 1. The van der Waals surface area contributed by atoms with E-state index in [-0.39, 0.29) is 5.78 Å². The maximum absolute atomic E-state index is 11.3. The minimum absolute atomic E-state index is 0.0820. The molecule has 0 spiro atoms. The van der Waals surface area contributed by atoms with Gasteiger partial charge in [-0.1, -0.05) is 42.5 Å². The van der Waals surface area contributed by atoms with E-state index in [2.05, 4.69) is 0 Å². The van der Waals surface area contributed by atoms with Gasteiger partial charge in [-0.2, -0.15) is 0 Å². The van der Waals surface area contributed by atoms with Gasteiger partial charge >= 0.3 is 0 Å². The molecule has 0 atom stereocenters. The van der Waals surface area contributed by atoms with Crippen molar-refractivity contribution in [3.8, 4) is 5.75 Å². The molecule has 2 rings (SSSR count). The summed E-state index contributed by atoms with van der Waals surface area (Å²) in [7, 11) is 0. The molecule has 0 aliphatic rings. The first-order valence-electron chi connectivity index (χ1n) is 6.71. The molecule has 0 aliphatic heterocycles. The lowest BCUT2D eigenvalue weighted by Crippen LogP contribution is -1.91. The van der Waals surface area contributed by atoms with Crippen LogP contribution < -0.4 is 4.74 Å². The van der Waals surface area contributed by atoms with Crippen LogP contribution in [0, 0.1) is 0 Å². The Morgan fingerprint density at radius 3 is 2.35 bits per heavy atom.